The highest BCUT2D eigenvalue weighted by atomic mass is 16.6. The number of rotatable bonds is 6. The summed E-state index contributed by atoms with van der Waals surface area (Å²) in [6, 6.07) is 4.56. The van der Waals surface area contributed by atoms with Gasteiger partial charge in [-0.05, 0) is 13.8 Å². The molecule has 8 nitrogen and oxygen atoms in total. The van der Waals surface area contributed by atoms with Gasteiger partial charge in [0.25, 0.3) is 5.69 Å². The minimum atomic E-state index is -0.452. The molecular formula is C12H15N5O3. The first-order valence-electron chi connectivity index (χ1n) is 6.09. The number of hydrogen-bond donors (Lipinski definition) is 2. The number of nitrogens with one attached hydrogen (secondary N) is 2. The molecule has 1 aromatic carbocycles. The maximum Gasteiger partial charge on any atom is 0.275 e. The summed E-state index contributed by atoms with van der Waals surface area (Å²) in [6.07, 6.45) is 1.34. The number of aromatic amines is 1. The smallest absolute Gasteiger partial charge is 0.275 e. The van der Waals surface area contributed by atoms with Crippen LogP contribution in [0.1, 0.15) is 19.7 Å². The quantitative estimate of drug-likeness (QED) is 0.618. The summed E-state index contributed by atoms with van der Waals surface area (Å²) in [5, 5.41) is 20.4. The molecule has 0 fully saturated rings. The summed E-state index contributed by atoms with van der Waals surface area (Å²) < 4.78 is 5.50. The van der Waals surface area contributed by atoms with E-state index in [0.717, 1.165) is 0 Å². The van der Waals surface area contributed by atoms with E-state index in [-0.39, 0.29) is 11.8 Å². The van der Waals surface area contributed by atoms with Gasteiger partial charge < -0.3 is 10.1 Å². The molecule has 0 saturated heterocycles. The number of H-pyrrole nitrogens is 1. The third-order valence-electron chi connectivity index (χ3n) is 2.40. The lowest BCUT2D eigenvalue weighted by Crippen LogP contribution is -2.07. The molecule has 0 aliphatic carbocycles. The second kappa shape index (κ2) is 6.00. The molecule has 8 heteroatoms. The Hall–Kier alpha value is -2.64. The SMILES string of the molecule is CC(C)Oc1cc(NCc2ncn[nH]2)cc([N+](=O)[O-])c1. The van der Waals surface area contributed by atoms with Crippen LogP contribution in [-0.2, 0) is 6.54 Å². The Labute approximate surface area is 115 Å². The van der Waals surface area contributed by atoms with Crippen molar-refractivity contribution in [2.24, 2.45) is 0 Å². The Kier molecular flexibility index (Phi) is 4.14. The summed E-state index contributed by atoms with van der Waals surface area (Å²) in [5.74, 6) is 1.09. The normalized spacial score (nSPS) is 10.6. The maximum atomic E-state index is 10.9. The first kappa shape index (κ1) is 13.8. The van der Waals surface area contributed by atoms with E-state index < -0.39 is 4.92 Å². The highest BCUT2D eigenvalue weighted by Gasteiger charge is 2.11. The van der Waals surface area contributed by atoms with Crippen LogP contribution in [0.4, 0.5) is 11.4 Å². The number of benzene rings is 1. The fourth-order valence-electron chi connectivity index (χ4n) is 1.63. The van der Waals surface area contributed by atoms with Gasteiger partial charge in [0.2, 0.25) is 0 Å². The Balaban J connectivity index is 2.17. The summed E-state index contributed by atoms with van der Waals surface area (Å²) in [7, 11) is 0. The zero-order valence-electron chi connectivity index (χ0n) is 11.2. The number of ether oxygens (including phenoxy) is 1. The molecule has 2 rings (SSSR count). The van der Waals surface area contributed by atoms with Crippen LogP contribution in [0.25, 0.3) is 0 Å². The van der Waals surface area contributed by atoms with Crippen molar-refractivity contribution in [1.82, 2.24) is 15.2 Å². The van der Waals surface area contributed by atoms with Crippen molar-refractivity contribution in [3.63, 3.8) is 0 Å². The number of nitro groups is 1. The molecule has 1 heterocycles. The van der Waals surface area contributed by atoms with Crippen LogP contribution in [0.3, 0.4) is 0 Å². The molecule has 0 radical (unpaired) electrons. The molecular weight excluding hydrogens is 262 g/mol. The average Bonchev–Trinajstić information content (AvgIpc) is 2.88. The molecule has 2 aromatic rings. The molecule has 0 atom stereocenters. The van der Waals surface area contributed by atoms with Gasteiger partial charge in [0, 0.05) is 17.8 Å². The highest BCUT2D eigenvalue weighted by molar-refractivity contribution is 5.56. The van der Waals surface area contributed by atoms with Crippen LogP contribution >= 0.6 is 0 Å². The van der Waals surface area contributed by atoms with Gasteiger partial charge in [-0.1, -0.05) is 0 Å². The van der Waals surface area contributed by atoms with Gasteiger partial charge in [0.15, 0.2) is 0 Å². The monoisotopic (exact) mass is 277 g/mol. The topological polar surface area (TPSA) is 106 Å². The van der Waals surface area contributed by atoms with Crippen LogP contribution in [0.5, 0.6) is 5.75 Å². The second-order valence-electron chi connectivity index (χ2n) is 4.43. The fourth-order valence-corrected chi connectivity index (χ4v) is 1.63. The molecule has 1 aromatic heterocycles. The third kappa shape index (κ3) is 3.67. The standard InChI is InChI=1S/C12H15N5O3/c1-8(2)20-11-4-9(3-10(5-11)17(18)19)13-6-12-14-7-15-16-12/h3-5,7-8,13H,6H2,1-2H3,(H,14,15,16). The van der Waals surface area contributed by atoms with E-state index in [1.54, 1.807) is 6.07 Å². The molecule has 20 heavy (non-hydrogen) atoms. The van der Waals surface area contributed by atoms with Gasteiger partial charge >= 0.3 is 0 Å². The molecule has 0 spiro atoms. The van der Waals surface area contributed by atoms with Crippen LogP contribution in [-0.4, -0.2) is 26.2 Å². The third-order valence-corrected chi connectivity index (χ3v) is 2.40. The molecule has 0 aliphatic rings. The van der Waals surface area contributed by atoms with Crippen molar-refractivity contribution in [3.8, 4) is 5.75 Å². The van der Waals surface area contributed by atoms with Crippen LogP contribution in [0.15, 0.2) is 24.5 Å². The van der Waals surface area contributed by atoms with Crippen molar-refractivity contribution in [1.29, 1.82) is 0 Å². The highest BCUT2D eigenvalue weighted by Crippen LogP contribution is 2.26. The average molecular weight is 277 g/mol. The van der Waals surface area contributed by atoms with Crippen LogP contribution < -0.4 is 10.1 Å². The molecule has 0 aliphatic heterocycles. The molecule has 0 bridgehead atoms. The van der Waals surface area contributed by atoms with E-state index in [1.807, 2.05) is 13.8 Å². The summed E-state index contributed by atoms with van der Waals surface area (Å²) in [4.78, 5) is 14.4. The predicted octanol–water partition coefficient (Wildman–Crippen LogP) is 2.11. The lowest BCUT2D eigenvalue weighted by atomic mass is 10.2. The van der Waals surface area contributed by atoms with E-state index in [9.17, 15) is 10.1 Å². The molecule has 2 N–H and O–H groups in total. The molecule has 106 valence electrons. The van der Waals surface area contributed by atoms with E-state index >= 15 is 0 Å². The van der Waals surface area contributed by atoms with E-state index in [4.69, 9.17) is 4.74 Å². The Morgan fingerprint density at radius 1 is 1.45 bits per heavy atom. The fraction of sp³-hybridized carbons (Fsp3) is 0.333. The Bertz CT molecular complexity index is 583. The van der Waals surface area contributed by atoms with Crippen molar-refractivity contribution in [2.45, 2.75) is 26.5 Å². The van der Waals surface area contributed by atoms with Gasteiger partial charge in [0.05, 0.1) is 23.6 Å². The minimum absolute atomic E-state index is 0.0248. The van der Waals surface area contributed by atoms with Crippen molar-refractivity contribution in [3.05, 3.63) is 40.5 Å². The number of non-ortho nitro benzene ring substituents is 1. The number of aromatic nitrogens is 3. The number of nitro benzene ring substituents is 1. The Morgan fingerprint density at radius 2 is 2.25 bits per heavy atom. The number of nitrogens with zero attached hydrogens (tertiary/aromatic N) is 3. The van der Waals surface area contributed by atoms with Gasteiger partial charge in [-0.3, -0.25) is 15.2 Å². The predicted molar refractivity (Wildman–Crippen MR) is 72.6 cm³/mol. The van der Waals surface area contributed by atoms with Crippen molar-refractivity contribution in [2.75, 3.05) is 5.32 Å². The minimum Gasteiger partial charge on any atom is -0.491 e. The molecule has 0 saturated carbocycles. The van der Waals surface area contributed by atoms with E-state index in [0.29, 0.717) is 23.8 Å². The first-order valence-corrected chi connectivity index (χ1v) is 6.09. The van der Waals surface area contributed by atoms with Crippen LogP contribution in [0, 0.1) is 10.1 Å². The van der Waals surface area contributed by atoms with E-state index in [2.05, 4.69) is 20.5 Å². The van der Waals surface area contributed by atoms with Crippen LogP contribution in [0.2, 0.25) is 0 Å². The first-order chi connectivity index (χ1) is 9.54. The Morgan fingerprint density at radius 3 is 2.85 bits per heavy atom. The van der Waals surface area contributed by atoms with Gasteiger partial charge in [0.1, 0.15) is 17.9 Å². The zero-order valence-corrected chi connectivity index (χ0v) is 11.2. The van der Waals surface area contributed by atoms with Gasteiger partial charge in [-0.25, -0.2) is 4.98 Å². The van der Waals surface area contributed by atoms with E-state index in [1.165, 1.54) is 18.5 Å². The second-order valence-corrected chi connectivity index (χ2v) is 4.43. The summed E-state index contributed by atoms with van der Waals surface area (Å²) >= 11 is 0. The van der Waals surface area contributed by atoms with Gasteiger partial charge in [-0.2, -0.15) is 5.10 Å². The van der Waals surface area contributed by atoms with Crippen molar-refractivity contribution >= 4 is 11.4 Å². The van der Waals surface area contributed by atoms with Gasteiger partial charge in [-0.15, -0.1) is 0 Å². The van der Waals surface area contributed by atoms with Crippen molar-refractivity contribution < 1.29 is 9.66 Å². The summed E-state index contributed by atoms with van der Waals surface area (Å²) in [5.41, 5.74) is 0.564. The lowest BCUT2D eigenvalue weighted by Gasteiger charge is -2.11. The lowest BCUT2D eigenvalue weighted by molar-refractivity contribution is -0.384. The number of hydrogen-bond acceptors (Lipinski definition) is 6. The molecule has 0 unspecified atom stereocenters. The molecule has 0 amide bonds. The zero-order chi connectivity index (χ0) is 14.5. The summed E-state index contributed by atoms with van der Waals surface area (Å²) in [6.45, 7) is 4.11. The number of anilines is 1. The maximum absolute atomic E-state index is 10.9. The largest absolute Gasteiger partial charge is 0.491 e.